The number of ether oxygens (including phenoxy) is 1. The molecule has 2 aliphatic carbocycles. The minimum Gasteiger partial charge on any atom is -0.489 e. The Kier molecular flexibility index (Phi) is 5.44. The monoisotopic (exact) mass is 421 g/mol. The lowest BCUT2D eigenvalue weighted by Crippen LogP contribution is -2.24. The third-order valence-electron chi connectivity index (χ3n) is 6.12. The second kappa shape index (κ2) is 8.53. The van der Waals surface area contributed by atoms with Gasteiger partial charge in [0.1, 0.15) is 11.5 Å². The number of hydrogen-bond donors (Lipinski definition) is 2. The maximum atomic E-state index is 12.2. The number of nitrogens with zero attached hydrogens (tertiary/aromatic N) is 3. The molecule has 0 saturated heterocycles. The molecule has 8 heteroatoms. The quantitative estimate of drug-likeness (QED) is 0.590. The third kappa shape index (κ3) is 4.78. The van der Waals surface area contributed by atoms with E-state index in [1.54, 1.807) is 6.07 Å². The van der Waals surface area contributed by atoms with Crippen molar-refractivity contribution in [3.8, 4) is 5.75 Å². The first-order valence-electron chi connectivity index (χ1n) is 11.0. The van der Waals surface area contributed by atoms with E-state index in [-0.39, 0.29) is 18.4 Å². The van der Waals surface area contributed by atoms with Gasteiger partial charge in [0.15, 0.2) is 5.82 Å². The van der Waals surface area contributed by atoms with Crippen molar-refractivity contribution in [1.82, 2.24) is 20.3 Å². The van der Waals surface area contributed by atoms with Gasteiger partial charge in [-0.15, -0.1) is 0 Å². The van der Waals surface area contributed by atoms with Crippen LogP contribution in [-0.4, -0.2) is 32.3 Å². The number of anilines is 1. The summed E-state index contributed by atoms with van der Waals surface area (Å²) in [4.78, 5) is 16.5. The van der Waals surface area contributed by atoms with E-state index in [4.69, 9.17) is 9.26 Å². The van der Waals surface area contributed by atoms with E-state index in [0.717, 1.165) is 42.8 Å². The van der Waals surface area contributed by atoms with E-state index < -0.39 is 0 Å². The molecule has 3 heterocycles. The molecule has 2 aliphatic rings. The molecule has 0 aromatic carbocycles. The van der Waals surface area contributed by atoms with E-state index >= 15 is 0 Å². The molecule has 1 amide bonds. The van der Waals surface area contributed by atoms with E-state index in [9.17, 15) is 4.79 Å². The van der Waals surface area contributed by atoms with Gasteiger partial charge in [-0.2, -0.15) is 5.10 Å². The number of rotatable bonds is 7. The van der Waals surface area contributed by atoms with Crippen LogP contribution in [0.15, 0.2) is 35.1 Å². The molecule has 162 valence electrons. The van der Waals surface area contributed by atoms with Crippen LogP contribution in [0.5, 0.6) is 5.75 Å². The number of aromatic nitrogens is 4. The van der Waals surface area contributed by atoms with Gasteiger partial charge < -0.3 is 14.6 Å². The average molecular weight is 422 g/mol. The van der Waals surface area contributed by atoms with Gasteiger partial charge in [-0.3, -0.25) is 14.9 Å². The molecule has 3 aromatic rings. The van der Waals surface area contributed by atoms with Crippen molar-refractivity contribution in [3.63, 3.8) is 0 Å². The number of carbonyl (C=O) groups is 1. The van der Waals surface area contributed by atoms with Gasteiger partial charge >= 0.3 is 0 Å². The first-order valence-corrected chi connectivity index (χ1v) is 11.0. The highest BCUT2D eigenvalue weighted by Crippen LogP contribution is 2.44. The van der Waals surface area contributed by atoms with E-state index in [0.29, 0.717) is 23.4 Å². The zero-order chi connectivity index (χ0) is 21.2. The van der Waals surface area contributed by atoms with Gasteiger partial charge in [0.2, 0.25) is 5.91 Å². The second-order valence-corrected chi connectivity index (χ2v) is 8.65. The number of aryl methyl sites for hydroxylation is 1. The van der Waals surface area contributed by atoms with Crippen LogP contribution in [0, 0.1) is 6.92 Å². The Labute approximate surface area is 180 Å². The molecule has 3 aromatic heterocycles. The largest absolute Gasteiger partial charge is 0.489 e. The molecule has 0 bridgehead atoms. The van der Waals surface area contributed by atoms with Crippen molar-refractivity contribution < 1.29 is 14.1 Å². The minimum absolute atomic E-state index is 0.142. The Morgan fingerprint density at radius 2 is 2.00 bits per heavy atom. The second-order valence-electron chi connectivity index (χ2n) is 8.65. The Bertz CT molecular complexity index is 1050. The molecule has 0 atom stereocenters. The summed E-state index contributed by atoms with van der Waals surface area (Å²) < 4.78 is 11.4. The molecule has 0 aliphatic heterocycles. The Hall–Kier alpha value is -3.16. The normalized spacial score (nSPS) is 21.1. The number of carbonyl (C=O) groups excluding carboxylic acids is 1. The summed E-state index contributed by atoms with van der Waals surface area (Å²) in [6, 6.07) is 5.79. The summed E-state index contributed by atoms with van der Waals surface area (Å²) in [5, 5.41) is 14.0. The molecule has 2 saturated carbocycles. The van der Waals surface area contributed by atoms with Crippen LogP contribution in [0.4, 0.5) is 5.82 Å². The zero-order valence-electron chi connectivity index (χ0n) is 17.6. The van der Waals surface area contributed by atoms with Gasteiger partial charge in [0.05, 0.1) is 24.4 Å². The van der Waals surface area contributed by atoms with Crippen molar-refractivity contribution in [2.45, 2.75) is 69.8 Å². The van der Waals surface area contributed by atoms with Gasteiger partial charge in [-0.1, -0.05) is 5.16 Å². The summed E-state index contributed by atoms with van der Waals surface area (Å²) in [6.45, 7) is 1.83. The first kappa shape index (κ1) is 19.8. The SMILES string of the molecule is Cc1cc(CC(=O)Nc2cc(C3CCC(Oc4cnccc4C4CC4)CC3)[nH]n2)on1. The fourth-order valence-corrected chi connectivity index (χ4v) is 4.35. The average Bonchev–Trinajstić information content (AvgIpc) is 3.38. The highest BCUT2D eigenvalue weighted by molar-refractivity contribution is 5.91. The van der Waals surface area contributed by atoms with Gasteiger partial charge in [0, 0.05) is 35.5 Å². The standard InChI is InChI=1S/C23H27N5O3/c1-14-10-18(31-28-14)11-23(29)25-22-12-20(26-27-22)16-4-6-17(7-5-16)30-21-13-24-9-8-19(21)15-2-3-15/h8-10,12-13,15-17H,2-7,11H2,1H3,(H2,25,26,27,29). The molecular formula is C23H27N5O3. The third-order valence-corrected chi connectivity index (χ3v) is 6.12. The van der Waals surface area contributed by atoms with Crippen LogP contribution in [0.3, 0.4) is 0 Å². The zero-order valence-corrected chi connectivity index (χ0v) is 17.6. The number of hydrogen-bond acceptors (Lipinski definition) is 6. The minimum atomic E-state index is -0.172. The Morgan fingerprint density at radius 3 is 2.74 bits per heavy atom. The smallest absolute Gasteiger partial charge is 0.233 e. The van der Waals surface area contributed by atoms with Crippen LogP contribution < -0.4 is 10.1 Å². The molecule has 31 heavy (non-hydrogen) atoms. The lowest BCUT2D eigenvalue weighted by Gasteiger charge is -2.28. The van der Waals surface area contributed by atoms with Crippen molar-refractivity contribution in [2.24, 2.45) is 0 Å². The van der Waals surface area contributed by atoms with Gasteiger partial charge in [-0.25, -0.2) is 0 Å². The molecule has 5 rings (SSSR count). The molecule has 0 unspecified atom stereocenters. The summed E-state index contributed by atoms with van der Waals surface area (Å²) in [6.07, 6.45) is 10.6. The lowest BCUT2D eigenvalue weighted by molar-refractivity contribution is -0.115. The molecule has 8 nitrogen and oxygen atoms in total. The number of nitrogens with one attached hydrogen (secondary N) is 2. The number of amides is 1. The Balaban J connectivity index is 1.13. The molecule has 0 spiro atoms. The van der Waals surface area contributed by atoms with Crippen LogP contribution in [0.25, 0.3) is 0 Å². The maximum absolute atomic E-state index is 12.2. The molecular weight excluding hydrogens is 394 g/mol. The lowest BCUT2D eigenvalue weighted by atomic mass is 9.85. The van der Waals surface area contributed by atoms with E-state index in [2.05, 4.69) is 31.7 Å². The first-order chi connectivity index (χ1) is 15.1. The summed E-state index contributed by atoms with van der Waals surface area (Å²) in [5.41, 5.74) is 3.13. The highest BCUT2D eigenvalue weighted by atomic mass is 16.5. The van der Waals surface area contributed by atoms with Crippen LogP contribution in [-0.2, 0) is 11.2 Å². The van der Waals surface area contributed by atoms with Crippen LogP contribution in [0.1, 0.15) is 73.1 Å². The summed E-state index contributed by atoms with van der Waals surface area (Å²) >= 11 is 0. The van der Waals surface area contributed by atoms with E-state index in [1.807, 2.05) is 25.4 Å². The van der Waals surface area contributed by atoms with Crippen molar-refractivity contribution in [2.75, 3.05) is 5.32 Å². The van der Waals surface area contributed by atoms with Crippen molar-refractivity contribution >= 4 is 11.7 Å². The number of pyridine rings is 1. The molecule has 2 fully saturated rings. The van der Waals surface area contributed by atoms with Gasteiger partial charge in [-0.05, 0) is 57.4 Å². The maximum Gasteiger partial charge on any atom is 0.233 e. The summed E-state index contributed by atoms with van der Waals surface area (Å²) in [7, 11) is 0. The Morgan fingerprint density at radius 1 is 1.19 bits per heavy atom. The molecule has 2 N–H and O–H groups in total. The fourth-order valence-electron chi connectivity index (χ4n) is 4.35. The molecule has 0 radical (unpaired) electrons. The topological polar surface area (TPSA) is 106 Å². The highest BCUT2D eigenvalue weighted by Gasteiger charge is 2.29. The fraction of sp³-hybridized carbons (Fsp3) is 0.478. The van der Waals surface area contributed by atoms with Crippen molar-refractivity contribution in [3.05, 3.63) is 53.3 Å². The predicted octanol–water partition coefficient (Wildman–Crippen LogP) is 4.26. The number of H-pyrrole nitrogens is 1. The number of aromatic amines is 1. The van der Waals surface area contributed by atoms with Crippen LogP contribution in [0.2, 0.25) is 0 Å². The predicted molar refractivity (Wildman–Crippen MR) is 114 cm³/mol. The van der Waals surface area contributed by atoms with Crippen molar-refractivity contribution in [1.29, 1.82) is 0 Å². The summed E-state index contributed by atoms with van der Waals surface area (Å²) in [5.74, 6) is 2.92. The van der Waals surface area contributed by atoms with Gasteiger partial charge in [0.25, 0.3) is 0 Å². The van der Waals surface area contributed by atoms with E-state index in [1.165, 1.54) is 18.4 Å². The van der Waals surface area contributed by atoms with Crippen LogP contribution >= 0.6 is 0 Å².